The average Bonchev–Trinajstić information content (AvgIpc) is 2.55. The van der Waals surface area contributed by atoms with Crippen LogP contribution in [0.1, 0.15) is 35.9 Å². The van der Waals surface area contributed by atoms with Gasteiger partial charge in [0.15, 0.2) is 5.78 Å². The molecule has 4 N–H and O–H groups in total. The maximum absolute atomic E-state index is 11.9. The molecule has 118 valence electrons. The van der Waals surface area contributed by atoms with Crippen molar-refractivity contribution >= 4 is 5.78 Å². The largest absolute Gasteiger partial charge is 0.380 e. The topological polar surface area (TPSA) is 75.3 Å². The molecule has 0 radical (unpaired) electrons. The molecule has 1 atom stereocenters. The van der Waals surface area contributed by atoms with Crippen LogP contribution in [-0.2, 0) is 0 Å². The van der Waals surface area contributed by atoms with E-state index in [0.717, 1.165) is 6.54 Å². The Hall–Kier alpha value is -2.01. The van der Waals surface area contributed by atoms with Crippen LogP contribution in [0.5, 0.6) is 0 Å². The van der Waals surface area contributed by atoms with Gasteiger partial charge in [-0.2, -0.15) is 0 Å². The van der Waals surface area contributed by atoms with E-state index >= 15 is 0 Å². The first-order chi connectivity index (χ1) is 10.6. The first kappa shape index (κ1) is 18.0. The number of hydrogen-bond acceptors (Lipinski definition) is 4. The van der Waals surface area contributed by atoms with Crippen LogP contribution < -0.4 is 11.3 Å². The van der Waals surface area contributed by atoms with Crippen LogP contribution in [0.15, 0.2) is 60.7 Å². The summed E-state index contributed by atoms with van der Waals surface area (Å²) in [6.07, 6.45) is -1.08. The lowest BCUT2D eigenvalue weighted by Gasteiger charge is -2.09. The maximum Gasteiger partial charge on any atom is 0.195 e. The molecule has 0 bridgehead atoms. The van der Waals surface area contributed by atoms with E-state index in [2.05, 4.69) is 19.3 Å². The minimum absolute atomic E-state index is 0.271. The van der Waals surface area contributed by atoms with E-state index in [1.807, 2.05) is 12.1 Å². The molecular formula is C18H24N2O2. The SMILES string of the molecule is CC(C)CNN.O=C(c1ccccc1)C(O)c1ccccc1. The summed E-state index contributed by atoms with van der Waals surface area (Å²) in [6, 6.07) is 17.7. The number of nitrogens with two attached hydrogens (primary N) is 1. The number of carbonyl (C=O) groups is 1. The average molecular weight is 300 g/mol. The van der Waals surface area contributed by atoms with Gasteiger partial charge in [-0.05, 0) is 11.5 Å². The Labute approximate surface area is 131 Å². The maximum atomic E-state index is 11.9. The number of benzene rings is 2. The molecule has 4 nitrogen and oxygen atoms in total. The molecule has 2 aromatic rings. The Kier molecular flexibility index (Phi) is 8.07. The number of Topliss-reactive ketones (excluding diaryl/α,β-unsaturated/α-hetero) is 1. The lowest BCUT2D eigenvalue weighted by atomic mass is 10.0. The second-order valence-corrected chi connectivity index (χ2v) is 5.35. The number of rotatable bonds is 5. The molecule has 4 heteroatoms. The van der Waals surface area contributed by atoms with Crippen molar-refractivity contribution in [2.24, 2.45) is 11.8 Å². The summed E-state index contributed by atoms with van der Waals surface area (Å²) in [4.78, 5) is 11.9. The van der Waals surface area contributed by atoms with E-state index in [4.69, 9.17) is 5.84 Å². The highest BCUT2D eigenvalue weighted by Gasteiger charge is 2.18. The quantitative estimate of drug-likeness (QED) is 0.451. The van der Waals surface area contributed by atoms with E-state index in [1.54, 1.807) is 48.5 Å². The summed E-state index contributed by atoms with van der Waals surface area (Å²) in [6.45, 7) is 5.12. The summed E-state index contributed by atoms with van der Waals surface area (Å²) < 4.78 is 0. The molecule has 2 rings (SSSR count). The van der Waals surface area contributed by atoms with E-state index in [0.29, 0.717) is 17.0 Å². The summed E-state index contributed by atoms with van der Waals surface area (Å²) in [5.74, 6) is 5.37. The van der Waals surface area contributed by atoms with Gasteiger partial charge in [0, 0.05) is 12.1 Å². The van der Waals surface area contributed by atoms with Gasteiger partial charge in [0.25, 0.3) is 0 Å². The van der Waals surface area contributed by atoms with E-state index in [-0.39, 0.29) is 5.78 Å². The van der Waals surface area contributed by atoms with Gasteiger partial charge < -0.3 is 5.11 Å². The third-order valence-corrected chi connectivity index (χ3v) is 2.95. The van der Waals surface area contributed by atoms with Crippen LogP contribution in [0.25, 0.3) is 0 Å². The zero-order valence-corrected chi connectivity index (χ0v) is 13.1. The molecule has 0 aromatic heterocycles. The Balaban J connectivity index is 0.000000346. The molecule has 1 unspecified atom stereocenters. The third-order valence-electron chi connectivity index (χ3n) is 2.95. The van der Waals surface area contributed by atoms with Crippen LogP contribution >= 0.6 is 0 Å². The molecule has 0 amide bonds. The highest BCUT2D eigenvalue weighted by molar-refractivity contribution is 5.99. The van der Waals surface area contributed by atoms with Crippen molar-refractivity contribution in [1.82, 2.24) is 5.43 Å². The minimum Gasteiger partial charge on any atom is -0.380 e. The first-order valence-corrected chi connectivity index (χ1v) is 7.32. The zero-order chi connectivity index (χ0) is 16.4. The van der Waals surface area contributed by atoms with Gasteiger partial charge in [0.2, 0.25) is 0 Å². The fourth-order valence-electron chi connectivity index (χ4n) is 1.78. The van der Waals surface area contributed by atoms with Crippen molar-refractivity contribution in [1.29, 1.82) is 0 Å². The molecule has 0 fully saturated rings. The van der Waals surface area contributed by atoms with Crippen LogP contribution in [0.3, 0.4) is 0 Å². The monoisotopic (exact) mass is 300 g/mol. The van der Waals surface area contributed by atoms with Gasteiger partial charge in [-0.15, -0.1) is 0 Å². The van der Waals surface area contributed by atoms with Crippen molar-refractivity contribution in [3.05, 3.63) is 71.8 Å². The fourth-order valence-corrected chi connectivity index (χ4v) is 1.78. The van der Waals surface area contributed by atoms with Crippen molar-refractivity contribution in [2.45, 2.75) is 20.0 Å². The lowest BCUT2D eigenvalue weighted by molar-refractivity contribution is 0.0747. The van der Waals surface area contributed by atoms with Crippen LogP contribution in [0, 0.1) is 5.92 Å². The molecular weight excluding hydrogens is 276 g/mol. The highest BCUT2D eigenvalue weighted by Crippen LogP contribution is 2.17. The Morgan fingerprint density at radius 2 is 1.55 bits per heavy atom. The molecule has 22 heavy (non-hydrogen) atoms. The molecule has 0 spiro atoms. The zero-order valence-electron chi connectivity index (χ0n) is 13.1. The Morgan fingerprint density at radius 3 is 1.95 bits per heavy atom. The van der Waals surface area contributed by atoms with Crippen LogP contribution in [0.4, 0.5) is 0 Å². The highest BCUT2D eigenvalue weighted by atomic mass is 16.3. The number of carbonyl (C=O) groups excluding carboxylic acids is 1. The molecule has 0 aliphatic rings. The normalized spacial score (nSPS) is 11.5. The smallest absolute Gasteiger partial charge is 0.195 e. The predicted molar refractivity (Wildman–Crippen MR) is 89.2 cm³/mol. The number of hydrazine groups is 1. The summed E-state index contributed by atoms with van der Waals surface area (Å²) >= 11 is 0. The van der Waals surface area contributed by atoms with E-state index < -0.39 is 6.10 Å². The molecule has 0 aliphatic heterocycles. The molecule has 2 aromatic carbocycles. The van der Waals surface area contributed by atoms with E-state index in [9.17, 15) is 9.90 Å². The van der Waals surface area contributed by atoms with Gasteiger partial charge in [-0.25, -0.2) is 0 Å². The third kappa shape index (κ3) is 6.18. The first-order valence-electron chi connectivity index (χ1n) is 7.32. The fraction of sp³-hybridized carbons (Fsp3) is 0.278. The van der Waals surface area contributed by atoms with Crippen molar-refractivity contribution in [2.75, 3.05) is 6.54 Å². The van der Waals surface area contributed by atoms with Gasteiger partial charge in [0.05, 0.1) is 0 Å². The summed E-state index contributed by atoms with van der Waals surface area (Å²) in [5.41, 5.74) is 3.72. The number of ketones is 1. The molecule has 0 heterocycles. The van der Waals surface area contributed by atoms with Gasteiger partial charge in [-0.1, -0.05) is 74.5 Å². The van der Waals surface area contributed by atoms with Crippen molar-refractivity contribution in [3.63, 3.8) is 0 Å². The predicted octanol–water partition coefficient (Wildman–Crippen LogP) is 2.71. The second-order valence-electron chi connectivity index (χ2n) is 5.35. The van der Waals surface area contributed by atoms with Crippen molar-refractivity contribution in [3.8, 4) is 0 Å². The van der Waals surface area contributed by atoms with Crippen LogP contribution in [-0.4, -0.2) is 17.4 Å². The number of aliphatic hydroxyl groups is 1. The Bertz CT molecular complexity index is 542. The second kappa shape index (κ2) is 9.84. The number of nitrogens with one attached hydrogen (secondary N) is 1. The minimum atomic E-state index is -1.08. The van der Waals surface area contributed by atoms with Crippen molar-refractivity contribution < 1.29 is 9.90 Å². The standard InChI is InChI=1S/C14H12O2.C4H12N2/c15-13(11-7-3-1-4-8-11)14(16)12-9-5-2-6-10-12;1-4(2)3-6-5/h1-10,13,15H;4,6H,3,5H2,1-2H3. The number of aliphatic hydroxyl groups excluding tert-OH is 1. The Morgan fingerprint density at radius 1 is 1.05 bits per heavy atom. The van der Waals surface area contributed by atoms with Gasteiger partial charge in [0.1, 0.15) is 6.10 Å². The van der Waals surface area contributed by atoms with Gasteiger partial charge >= 0.3 is 0 Å². The summed E-state index contributed by atoms with van der Waals surface area (Å²) in [5, 5.41) is 9.89. The van der Waals surface area contributed by atoms with E-state index in [1.165, 1.54) is 0 Å². The lowest BCUT2D eigenvalue weighted by Crippen LogP contribution is -2.26. The number of hydrogen-bond donors (Lipinski definition) is 3. The van der Waals surface area contributed by atoms with Crippen LogP contribution in [0.2, 0.25) is 0 Å². The van der Waals surface area contributed by atoms with Gasteiger partial charge in [-0.3, -0.25) is 16.1 Å². The molecule has 0 saturated heterocycles. The molecule has 0 saturated carbocycles. The molecule has 0 aliphatic carbocycles. The summed E-state index contributed by atoms with van der Waals surface area (Å²) in [7, 11) is 0.